The zero-order valence-corrected chi connectivity index (χ0v) is 14.3. The van der Waals surface area contributed by atoms with Gasteiger partial charge in [-0.3, -0.25) is 0 Å². The summed E-state index contributed by atoms with van der Waals surface area (Å²) in [4.78, 5) is 20.0. The third kappa shape index (κ3) is 5.89. The molecule has 6 heteroatoms. The molecule has 22 heavy (non-hydrogen) atoms. The average molecular weight is 308 g/mol. The SMILES string of the molecule is CCN(CC)c1ccc(CNC(=O)N(C)CC(C)(C)O)cn1. The van der Waals surface area contributed by atoms with E-state index in [0.29, 0.717) is 6.54 Å². The number of nitrogens with zero attached hydrogens (tertiary/aromatic N) is 3. The first-order valence-electron chi connectivity index (χ1n) is 7.68. The van der Waals surface area contributed by atoms with Crippen molar-refractivity contribution in [3.8, 4) is 0 Å². The van der Waals surface area contributed by atoms with E-state index in [-0.39, 0.29) is 12.6 Å². The second-order valence-corrected chi connectivity index (χ2v) is 6.02. The van der Waals surface area contributed by atoms with Crippen molar-refractivity contribution in [3.63, 3.8) is 0 Å². The summed E-state index contributed by atoms with van der Waals surface area (Å²) < 4.78 is 0. The number of hydrogen-bond acceptors (Lipinski definition) is 4. The van der Waals surface area contributed by atoms with Crippen LogP contribution in [0.2, 0.25) is 0 Å². The van der Waals surface area contributed by atoms with Crippen LogP contribution in [0.25, 0.3) is 0 Å². The molecule has 0 aliphatic heterocycles. The van der Waals surface area contributed by atoms with Gasteiger partial charge in [0.15, 0.2) is 0 Å². The predicted octanol–water partition coefficient (Wildman–Crippen LogP) is 1.84. The summed E-state index contributed by atoms with van der Waals surface area (Å²) in [7, 11) is 1.66. The van der Waals surface area contributed by atoms with Gasteiger partial charge in [-0.1, -0.05) is 6.07 Å². The first-order valence-corrected chi connectivity index (χ1v) is 7.68. The number of nitrogens with one attached hydrogen (secondary N) is 1. The van der Waals surface area contributed by atoms with Gasteiger partial charge in [-0.05, 0) is 39.3 Å². The van der Waals surface area contributed by atoms with Crippen molar-refractivity contribution in [2.45, 2.75) is 39.8 Å². The van der Waals surface area contributed by atoms with Crippen molar-refractivity contribution in [2.75, 3.05) is 31.6 Å². The van der Waals surface area contributed by atoms with Gasteiger partial charge in [-0.15, -0.1) is 0 Å². The van der Waals surface area contributed by atoms with Gasteiger partial charge in [0.25, 0.3) is 0 Å². The fourth-order valence-electron chi connectivity index (χ4n) is 2.22. The summed E-state index contributed by atoms with van der Waals surface area (Å²) in [5.41, 5.74) is 0.0416. The van der Waals surface area contributed by atoms with Crippen LogP contribution in [0, 0.1) is 0 Å². The molecule has 1 heterocycles. The van der Waals surface area contributed by atoms with E-state index in [9.17, 15) is 9.90 Å². The number of urea groups is 1. The summed E-state index contributed by atoms with van der Waals surface area (Å²) in [6.45, 7) is 10.1. The third-order valence-electron chi connectivity index (χ3n) is 3.31. The Morgan fingerprint density at radius 2 is 1.95 bits per heavy atom. The first kappa shape index (κ1) is 18.2. The maximum absolute atomic E-state index is 11.9. The lowest BCUT2D eigenvalue weighted by molar-refractivity contribution is 0.0531. The van der Waals surface area contributed by atoms with Crippen LogP contribution in [-0.4, -0.2) is 53.3 Å². The predicted molar refractivity (Wildman–Crippen MR) is 89.0 cm³/mol. The van der Waals surface area contributed by atoms with E-state index in [1.165, 1.54) is 4.90 Å². The molecule has 1 aromatic rings. The minimum absolute atomic E-state index is 0.213. The molecule has 1 aromatic heterocycles. The molecule has 0 atom stereocenters. The Morgan fingerprint density at radius 1 is 1.32 bits per heavy atom. The van der Waals surface area contributed by atoms with Crippen molar-refractivity contribution in [1.29, 1.82) is 0 Å². The Bertz CT molecular complexity index is 464. The topological polar surface area (TPSA) is 68.7 Å². The number of aromatic nitrogens is 1. The van der Waals surface area contributed by atoms with Gasteiger partial charge in [0.05, 0.1) is 12.1 Å². The Morgan fingerprint density at radius 3 is 2.41 bits per heavy atom. The van der Waals surface area contributed by atoms with E-state index in [1.54, 1.807) is 27.1 Å². The molecule has 0 radical (unpaired) electrons. The van der Waals surface area contributed by atoms with Crippen LogP contribution in [0.4, 0.5) is 10.6 Å². The number of likely N-dealkylation sites (N-methyl/N-ethyl adjacent to an activating group) is 1. The monoisotopic (exact) mass is 308 g/mol. The molecule has 2 N–H and O–H groups in total. The van der Waals surface area contributed by atoms with Crippen LogP contribution in [-0.2, 0) is 6.54 Å². The highest BCUT2D eigenvalue weighted by Gasteiger charge is 2.19. The van der Waals surface area contributed by atoms with Crippen molar-refractivity contribution >= 4 is 11.8 Å². The Labute approximate surface area is 133 Å². The Balaban J connectivity index is 2.53. The maximum atomic E-state index is 11.9. The summed E-state index contributed by atoms with van der Waals surface area (Å²) >= 11 is 0. The van der Waals surface area contributed by atoms with Crippen LogP contribution >= 0.6 is 0 Å². The number of carbonyl (C=O) groups excluding carboxylic acids is 1. The molecule has 2 amide bonds. The number of carbonyl (C=O) groups is 1. The van der Waals surface area contributed by atoms with Crippen LogP contribution in [0.15, 0.2) is 18.3 Å². The number of aliphatic hydroxyl groups is 1. The summed E-state index contributed by atoms with van der Waals surface area (Å²) in [6.07, 6.45) is 1.78. The lowest BCUT2D eigenvalue weighted by Crippen LogP contribution is -2.44. The summed E-state index contributed by atoms with van der Waals surface area (Å²) in [5.74, 6) is 0.944. The molecule has 0 saturated carbocycles. The molecule has 0 saturated heterocycles. The number of rotatable bonds is 7. The highest BCUT2D eigenvalue weighted by molar-refractivity contribution is 5.73. The Kier molecular flexibility index (Phi) is 6.61. The van der Waals surface area contributed by atoms with Crippen LogP contribution in [0.5, 0.6) is 0 Å². The van der Waals surface area contributed by atoms with E-state index in [1.807, 2.05) is 12.1 Å². The molecule has 124 valence electrons. The molecule has 0 aliphatic carbocycles. The molecule has 0 fully saturated rings. The standard InChI is InChI=1S/C16H28N4O2/c1-6-20(7-2)14-9-8-13(10-17-14)11-18-15(21)19(5)12-16(3,4)22/h8-10,22H,6-7,11-12H2,1-5H3,(H,18,21). The molecule has 0 unspecified atom stereocenters. The fourth-order valence-corrected chi connectivity index (χ4v) is 2.22. The van der Waals surface area contributed by atoms with Crippen molar-refractivity contribution in [2.24, 2.45) is 0 Å². The van der Waals surface area contributed by atoms with E-state index in [2.05, 4.69) is 29.0 Å². The summed E-state index contributed by atoms with van der Waals surface area (Å²) in [5, 5.41) is 12.5. The van der Waals surface area contributed by atoms with E-state index in [4.69, 9.17) is 0 Å². The van der Waals surface area contributed by atoms with E-state index in [0.717, 1.165) is 24.5 Å². The highest BCUT2D eigenvalue weighted by Crippen LogP contribution is 2.11. The van der Waals surface area contributed by atoms with Gasteiger partial charge < -0.3 is 20.2 Å². The van der Waals surface area contributed by atoms with Crippen LogP contribution in [0.3, 0.4) is 0 Å². The minimum atomic E-state index is -0.904. The van der Waals surface area contributed by atoms with Gasteiger partial charge in [-0.25, -0.2) is 9.78 Å². The zero-order chi connectivity index (χ0) is 16.8. The van der Waals surface area contributed by atoms with E-state index >= 15 is 0 Å². The van der Waals surface area contributed by atoms with Gasteiger partial charge in [0.2, 0.25) is 0 Å². The zero-order valence-electron chi connectivity index (χ0n) is 14.3. The second-order valence-electron chi connectivity index (χ2n) is 6.02. The quantitative estimate of drug-likeness (QED) is 0.806. The van der Waals surface area contributed by atoms with Gasteiger partial charge in [-0.2, -0.15) is 0 Å². The lowest BCUT2D eigenvalue weighted by Gasteiger charge is -2.25. The number of amides is 2. The average Bonchev–Trinajstić information content (AvgIpc) is 2.45. The molecular weight excluding hydrogens is 280 g/mol. The third-order valence-corrected chi connectivity index (χ3v) is 3.31. The van der Waals surface area contributed by atoms with Gasteiger partial charge >= 0.3 is 6.03 Å². The Hall–Kier alpha value is -1.82. The molecule has 0 bridgehead atoms. The normalized spacial score (nSPS) is 11.2. The van der Waals surface area contributed by atoms with Gasteiger partial charge in [0.1, 0.15) is 5.82 Å². The first-order chi connectivity index (χ1) is 10.3. The highest BCUT2D eigenvalue weighted by atomic mass is 16.3. The van der Waals surface area contributed by atoms with Crippen molar-refractivity contribution in [3.05, 3.63) is 23.9 Å². The van der Waals surface area contributed by atoms with Crippen LogP contribution < -0.4 is 10.2 Å². The second kappa shape index (κ2) is 7.98. The molecule has 0 spiro atoms. The maximum Gasteiger partial charge on any atom is 0.317 e. The van der Waals surface area contributed by atoms with Crippen LogP contribution in [0.1, 0.15) is 33.3 Å². The number of hydrogen-bond donors (Lipinski definition) is 2. The molecule has 0 aromatic carbocycles. The smallest absolute Gasteiger partial charge is 0.317 e. The summed E-state index contributed by atoms with van der Waals surface area (Å²) in [6, 6.07) is 3.72. The van der Waals surface area contributed by atoms with Gasteiger partial charge in [0, 0.05) is 32.9 Å². The van der Waals surface area contributed by atoms with E-state index < -0.39 is 5.60 Å². The number of anilines is 1. The number of pyridine rings is 1. The largest absolute Gasteiger partial charge is 0.389 e. The van der Waals surface area contributed by atoms with Crippen molar-refractivity contribution in [1.82, 2.24) is 15.2 Å². The fraction of sp³-hybridized carbons (Fsp3) is 0.625. The molecule has 0 aliphatic rings. The molecular formula is C16H28N4O2. The molecule has 1 rings (SSSR count). The van der Waals surface area contributed by atoms with Crippen molar-refractivity contribution < 1.29 is 9.90 Å². The minimum Gasteiger partial charge on any atom is -0.389 e. The molecule has 6 nitrogen and oxygen atoms in total. The lowest BCUT2D eigenvalue weighted by atomic mass is 10.1.